The van der Waals surface area contributed by atoms with Gasteiger partial charge in [-0.25, -0.2) is 4.79 Å². The molecule has 0 amide bonds. The Morgan fingerprint density at radius 1 is 1.83 bits per heavy atom. The number of nitrogens with one attached hydrogen (secondary N) is 1. The molecule has 1 aliphatic rings. The van der Waals surface area contributed by atoms with Gasteiger partial charge in [0, 0.05) is 12.6 Å². The predicted molar refractivity (Wildman–Crippen MR) is 45.7 cm³/mol. The lowest BCUT2D eigenvalue weighted by Crippen LogP contribution is -2.05. The van der Waals surface area contributed by atoms with Gasteiger partial charge >= 0.3 is 5.97 Å². The molecule has 1 rings (SSSR count). The van der Waals surface area contributed by atoms with Crippen molar-refractivity contribution in [2.24, 2.45) is 0 Å². The third kappa shape index (κ3) is 7.24. The van der Waals surface area contributed by atoms with Crippen LogP contribution < -0.4 is 5.32 Å². The Morgan fingerprint density at radius 3 is 2.75 bits per heavy atom. The molecule has 70 valence electrons. The van der Waals surface area contributed by atoms with Gasteiger partial charge in [0.05, 0.1) is 19.9 Å². The standard InChI is InChI=1S/C5H8O2.C3H7NO/c1-3-5(6)7-4-2;1-2-5-3-4-1/h3H,1,4H2,2H3;4H,1-3H2. The first kappa shape index (κ1) is 11.1. The van der Waals surface area contributed by atoms with E-state index in [1.54, 1.807) is 6.92 Å². The fourth-order valence-electron chi connectivity index (χ4n) is 0.562. The second-order valence-corrected chi connectivity index (χ2v) is 2.01. The Hall–Kier alpha value is -0.870. The van der Waals surface area contributed by atoms with Crippen molar-refractivity contribution in [2.75, 3.05) is 26.5 Å². The topological polar surface area (TPSA) is 47.6 Å². The van der Waals surface area contributed by atoms with Gasteiger partial charge in [0.2, 0.25) is 0 Å². The van der Waals surface area contributed by atoms with E-state index < -0.39 is 0 Å². The van der Waals surface area contributed by atoms with Crippen molar-refractivity contribution in [1.82, 2.24) is 5.32 Å². The molecular formula is C8H15NO3. The number of esters is 1. The van der Waals surface area contributed by atoms with Gasteiger partial charge in [-0.15, -0.1) is 0 Å². The van der Waals surface area contributed by atoms with Crippen molar-refractivity contribution in [2.45, 2.75) is 6.92 Å². The molecule has 0 atom stereocenters. The van der Waals surface area contributed by atoms with Crippen molar-refractivity contribution < 1.29 is 14.3 Å². The molecule has 4 nitrogen and oxygen atoms in total. The Kier molecular flexibility index (Phi) is 7.63. The van der Waals surface area contributed by atoms with Crippen LogP contribution in [0.25, 0.3) is 0 Å². The van der Waals surface area contributed by atoms with Crippen molar-refractivity contribution in [3.05, 3.63) is 12.7 Å². The van der Waals surface area contributed by atoms with Gasteiger partial charge in [0.15, 0.2) is 0 Å². The smallest absolute Gasteiger partial charge is 0.330 e. The monoisotopic (exact) mass is 173 g/mol. The summed E-state index contributed by atoms with van der Waals surface area (Å²) in [5.41, 5.74) is 0. The van der Waals surface area contributed by atoms with Crippen LogP contribution in [0.5, 0.6) is 0 Å². The molecule has 1 saturated heterocycles. The summed E-state index contributed by atoms with van der Waals surface area (Å²) in [4.78, 5) is 10.1. The molecule has 0 aromatic heterocycles. The quantitative estimate of drug-likeness (QED) is 0.482. The van der Waals surface area contributed by atoms with E-state index in [9.17, 15) is 4.79 Å². The Bertz CT molecular complexity index is 125. The molecule has 0 aromatic rings. The van der Waals surface area contributed by atoms with E-state index in [1.165, 1.54) is 0 Å². The zero-order chi connectivity index (χ0) is 9.23. The van der Waals surface area contributed by atoms with Gasteiger partial charge in [-0.3, -0.25) is 5.32 Å². The zero-order valence-corrected chi connectivity index (χ0v) is 7.34. The van der Waals surface area contributed by atoms with E-state index in [0.717, 1.165) is 26.0 Å². The molecule has 1 N–H and O–H groups in total. The fourth-order valence-corrected chi connectivity index (χ4v) is 0.562. The molecule has 0 aromatic carbocycles. The van der Waals surface area contributed by atoms with Gasteiger partial charge in [-0.05, 0) is 6.92 Å². The summed E-state index contributed by atoms with van der Waals surface area (Å²) in [6.07, 6.45) is 1.14. The summed E-state index contributed by atoms with van der Waals surface area (Å²) in [5, 5.41) is 3.00. The van der Waals surface area contributed by atoms with Crippen LogP contribution in [0.2, 0.25) is 0 Å². The summed E-state index contributed by atoms with van der Waals surface area (Å²) in [7, 11) is 0. The third-order valence-corrected chi connectivity index (χ3v) is 1.08. The van der Waals surface area contributed by atoms with Gasteiger partial charge in [0.1, 0.15) is 0 Å². The van der Waals surface area contributed by atoms with E-state index in [0.29, 0.717) is 6.61 Å². The first-order valence-corrected chi connectivity index (χ1v) is 3.89. The average molecular weight is 173 g/mol. The Labute approximate surface area is 72.5 Å². The summed E-state index contributed by atoms with van der Waals surface area (Å²) in [6, 6.07) is 0. The first-order chi connectivity index (χ1) is 5.81. The van der Waals surface area contributed by atoms with Crippen LogP contribution in [0.15, 0.2) is 12.7 Å². The SMILES string of the molecule is C1COCN1.C=CC(=O)OCC. The summed E-state index contributed by atoms with van der Waals surface area (Å²) in [5.74, 6) is -0.359. The number of carbonyl (C=O) groups is 1. The molecule has 0 saturated carbocycles. The van der Waals surface area contributed by atoms with E-state index in [1.807, 2.05) is 0 Å². The van der Waals surface area contributed by atoms with Crippen LogP contribution in [-0.4, -0.2) is 32.5 Å². The van der Waals surface area contributed by atoms with Crippen LogP contribution in [0.3, 0.4) is 0 Å². The normalized spacial score (nSPS) is 14.4. The van der Waals surface area contributed by atoms with E-state index in [4.69, 9.17) is 4.74 Å². The summed E-state index contributed by atoms with van der Waals surface area (Å²) in [6.45, 7) is 8.04. The molecular weight excluding hydrogens is 158 g/mol. The lowest BCUT2D eigenvalue weighted by Gasteiger charge is -1.90. The second kappa shape index (κ2) is 8.23. The molecule has 4 heteroatoms. The third-order valence-electron chi connectivity index (χ3n) is 1.08. The Morgan fingerprint density at radius 2 is 2.58 bits per heavy atom. The highest BCUT2D eigenvalue weighted by molar-refractivity contribution is 5.81. The molecule has 1 heterocycles. The minimum atomic E-state index is -0.359. The lowest BCUT2D eigenvalue weighted by molar-refractivity contribution is -0.137. The van der Waals surface area contributed by atoms with Crippen molar-refractivity contribution in [1.29, 1.82) is 0 Å². The van der Waals surface area contributed by atoms with E-state index in [-0.39, 0.29) is 5.97 Å². The molecule has 0 unspecified atom stereocenters. The molecule has 0 bridgehead atoms. The van der Waals surface area contributed by atoms with Crippen LogP contribution in [0, 0.1) is 0 Å². The maximum absolute atomic E-state index is 10.1. The number of ether oxygens (including phenoxy) is 2. The Balaban J connectivity index is 0.000000211. The largest absolute Gasteiger partial charge is 0.463 e. The molecule has 1 fully saturated rings. The molecule has 1 aliphatic heterocycles. The van der Waals surface area contributed by atoms with Crippen LogP contribution >= 0.6 is 0 Å². The van der Waals surface area contributed by atoms with Crippen molar-refractivity contribution in [3.63, 3.8) is 0 Å². The van der Waals surface area contributed by atoms with Crippen LogP contribution in [0.1, 0.15) is 6.92 Å². The van der Waals surface area contributed by atoms with E-state index >= 15 is 0 Å². The average Bonchev–Trinajstić information content (AvgIpc) is 2.62. The van der Waals surface area contributed by atoms with Crippen LogP contribution in [0.4, 0.5) is 0 Å². The van der Waals surface area contributed by atoms with Crippen molar-refractivity contribution in [3.8, 4) is 0 Å². The minimum Gasteiger partial charge on any atom is -0.463 e. The van der Waals surface area contributed by atoms with E-state index in [2.05, 4.69) is 16.6 Å². The number of rotatable bonds is 2. The van der Waals surface area contributed by atoms with Gasteiger partial charge in [-0.2, -0.15) is 0 Å². The van der Waals surface area contributed by atoms with Gasteiger partial charge in [-0.1, -0.05) is 6.58 Å². The highest BCUT2D eigenvalue weighted by Crippen LogP contribution is 1.75. The fraction of sp³-hybridized carbons (Fsp3) is 0.625. The zero-order valence-electron chi connectivity index (χ0n) is 7.34. The lowest BCUT2D eigenvalue weighted by atomic mass is 10.6. The summed E-state index contributed by atoms with van der Waals surface area (Å²) >= 11 is 0. The first-order valence-electron chi connectivity index (χ1n) is 3.89. The van der Waals surface area contributed by atoms with Crippen LogP contribution in [-0.2, 0) is 14.3 Å². The molecule has 0 spiro atoms. The maximum Gasteiger partial charge on any atom is 0.330 e. The number of hydrogen-bond acceptors (Lipinski definition) is 4. The highest BCUT2D eigenvalue weighted by Gasteiger charge is 1.92. The second-order valence-electron chi connectivity index (χ2n) is 2.01. The van der Waals surface area contributed by atoms with Crippen molar-refractivity contribution >= 4 is 5.97 Å². The molecule has 0 radical (unpaired) electrons. The minimum absolute atomic E-state index is 0.359. The predicted octanol–water partition coefficient (Wildman–Crippen LogP) is 0.299. The number of carbonyl (C=O) groups excluding carboxylic acids is 1. The maximum atomic E-state index is 10.1. The summed E-state index contributed by atoms with van der Waals surface area (Å²) < 4.78 is 9.27. The number of hydrogen-bond donors (Lipinski definition) is 1. The van der Waals surface area contributed by atoms with Gasteiger partial charge in [0.25, 0.3) is 0 Å². The highest BCUT2D eigenvalue weighted by atomic mass is 16.5. The van der Waals surface area contributed by atoms with Gasteiger partial charge < -0.3 is 9.47 Å². The molecule has 0 aliphatic carbocycles. The molecule has 12 heavy (non-hydrogen) atoms.